The first-order valence-electron chi connectivity index (χ1n) is 6.75. The van der Waals surface area contributed by atoms with E-state index in [2.05, 4.69) is 4.98 Å². The predicted molar refractivity (Wildman–Crippen MR) is 88.1 cm³/mol. The summed E-state index contributed by atoms with van der Waals surface area (Å²) in [5.41, 5.74) is 3.45. The lowest BCUT2D eigenvalue weighted by Crippen LogP contribution is -2.12. The molecule has 0 saturated heterocycles. The van der Waals surface area contributed by atoms with Crippen LogP contribution in [0.4, 0.5) is 0 Å². The fourth-order valence-corrected chi connectivity index (χ4v) is 4.41. The Kier molecular flexibility index (Phi) is 3.66. The smallest absolute Gasteiger partial charge is 0.341 e. The summed E-state index contributed by atoms with van der Waals surface area (Å²) in [7, 11) is -3.88. The van der Waals surface area contributed by atoms with Gasteiger partial charge >= 0.3 is 10.1 Å². The van der Waals surface area contributed by atoms with E-state index >= 15 is 0 Å². The summed E-state index contributed by atoms with van der Waals surface area (Å²) in [5.74, 6) is 0. The van der Waals surface area contributed by atoms with Crippen molar-refractivity contribution in [3.8, 4) is 5.19 Å². The summed E-state index contributed by atoms with van der Waals surface area (Å²) in [6, 6.07) is 10.8. The average Bonchev–Trinajstić information content (AvgIpc) is 2.85. The van der Waals surface area contributed by atoms with Crippen molar-refractivity contribution in [3.05, 3.63) is 53.1 Å². The fraction of sp³-hybridized carbons (Fsp3) is 0.188. The minimum absolute atomic E-state index is 0.138. The Bertz CT molecular complexity index is 926. The Morgan fingerprint density at radius 2 is 1.73 bits per heavy atom. The first-order valence-corrected chi connectivity index (χ1v) is 8.98. The topological polar surface area (TPSA) is 56.3 Å². The van der Waals surface area contributed by atoms with Gasteiger partial charge in [-0.25, -0.2) is 4.98 Å². The molecule has 0 N–H and O–H groups in total. The minimum Gasteiger partial charge on any atom is -0.348 e. The van der Waals surface area contributed by atoms with Crippen LogP contribution in [0.25, 0.3) is 10.2 Å². The maximum atomic E-state index is 12.5. The van der Waals surface area contributed by atoms with Crippen LogP contribution in [0.1, 0.15) is 16.7 Å². The van der Waals surface area contributed by atoms with E-state index in [4.69, 9.17) is 4.18 Å². The van der Waals surface area contributed by atoms with Crippen molar-refractivity contribution in [3.63, 3.8) is 0 Å². The largest absolute Gasteiger partial charge is 0.348 e. The molecule has 0 atom stereocenters. The third kappa shape index (κ3) is 2.60. The van der Waals surface area contributed by atoms with Gasteiger partial charge in [-0.05, 0) is 55.7 Å². The lowest BCUT2D eigenvalue weighted by Gasteiger charge is -2.11. The van der Waals surface area contributed by atoms with E-state index in [1.807, 2.05) is 38.1 Å². The molecule has 0 saturated carbocycles. The van der Waals surface area contributed by atoms with Crippen LogP contribution in [0.5, 0.6) is 5.19 Å². The minimum atomic E-state index is -3.88. The number of fused-ring (bicyclic) bond motifs is 1. The summed E-state index contributed by atoms with van der Waals surface area (Å²) in [4.78, 5) is 4.40. The number of hydrogen-bond acceptors (Lipinski definition) is 5. The van der Waals surface area contributed by atoms with E-state index in [9.17, 15) is 8.42 Å². The molecule has 2 aromatic carbocycles. The van der Waals surface area contributed by atoms with Crippen molar-refractivity contribution in [2.45, 2.75) is 25.7 Å². The molecule has 0 spiro atoms. The molecule has 0 aliphatic rings. The Morgan fingerprint density at radius 3 is 2.45 bits per heavy atom. The van der Waals surface area contributed by atoms with Crippen molar-refractivity contribution in [2.24, 2.45) is 0 Å². The number of rotatable bonds is 3. The average molecular weight is 333 g/mol. The Hall–Kier alpha value is -1.92. The van der Waals surface area contributed by atoms with Crippen LogP contribution in [0.15, 0.2) is 41.3 Å². The predicted octanol–water partition coefficient (Wildman–Crippen LogP) is 3.99. The molecular weight excluding hydrogens is 318 g/mol. The molecule has 3 rings (SSSR count). The summed E-state index contributed by atoms with van der Waals surface area (Å²) < 4.78 is 31.1. The van der Waals surface area contributed by atoms with Crippen molar-refractivity contribution in [1.82, 2.24) is 4.98 Å². The van der Waals surface area contributed by atoms with Gasteiger partial charge in [-0.2, -0.15) is 8.42 Å². The van der Waals surface area contributed by atoms with Gasteiger partial charge in [0.1, 0.15) is 4.90 Å². The standard InChI is InChI=1S/C16H15NO3S2/c1-10-8-9-15(12(3)11(10)2)22(18,19)20-16-17-13-6-4-5-7-14(13)21-16/h4-9H,1-3H3. The van der Waals surface area contributed by atoms with Crippen molar-refractivity contribution < 1.29 is 12.6 Å². The molecular formula is C16H15NO3S2. The zero-order chi connectivity index (χ0) is 15.9. The summed E-state index contributed by atoms with van der Waals surface area (Å²) in [5, 5.41) is 0.138. The van der Waals surface area contributed by atoms with E-state index in [0.29, 0.717) is 5.56 Å². The zero-order valence-electron chi connectivity index (χ0n) is 12.5. The molecule has 0 aliphatic carbocycles. The molecule has 0 bridgehead atoms. The number of aryl methyl sites for hydroxylation is 1. The van der Waals surface area contributed by atoms with Crippen LogP contribution in [0.2, 0.25) is 0 Å². The lowest BCUT2D eigenvalue weighted by molar-refractivity contribution is 0.484. The van der Waals surface area contributed by atoms with Crippen LogP contribution in [-0.4, -0.2) is 13.4 Å². The monoisotopic (exact) mass is 333 g/mol. The van der Waals surface area contributed by atoms with Crippen molar-refractivity contribution in [1.29, 1.82) is 0 Å². The van der Waals surface area contributed by atoms with Crippen molar-refractivity contribution >= 4 is 31.7 Å². The number of para-hydroxylation sites is 1. The highest BCUT2D eigenvalue weighted by atomic mass is 32.2. The Balaban J connectivity index is 2.02. The molecule has 0 fully saturated rings. The maximum Gasteiger partial charge on any atom is 0.341 e. The van der Waals surface area contributed by atoms with Gasteiger partial charge in [-0.1, -0.05) is 29.5 Å². The van der Waals surface area contributed by atoms with Gasteiger partial charge in [-0.15, -0.1) is 0 Å². The molecule has 0 aliphatic heterocycles. The fourth-order valence-electron chi connectivity index (χ4n) is 2.23. The number of hydrogen-bond donors (Lipinski definition) is 0. The second kappa shape index (κ2) is 5.37. The SMILES string of the molecule is Cc1ccc(S(=O)(=O)Oc2nc3ccccc3s2)c(C)c1C. The molecule has 0 amide bonds. The van der Waals surface area contributed by atoms with Gasteiger partial charge in [-0.3, -0.25) is 0 Å². The van der Waals surface area contributed by atoms with Crippen LogP contribution in [0.3, 0.4) is 0 Å². The van der Waals surface area contributed by atoms with E-state index < -0.39 is 10.1 Å². The van der Waals surface area contributed by atoms with Gasteiger partial charge in [0.25, 0.3) is 5.19 Å². The molecule has 3 aromatic rings. The first-order chi connectivity index (χ1) is 10.4. The second-order valence-electron chi connectivity index (χ2n) is 5.12. The summed E-state index contributed by atoms with van der Waals surface area (Å²) >= 11 is 1.22. The van der Waals surface area contributed by atoms with Crippen LogP contribution in [-0.2, 0) is 10.1 Å². The molecule has 1 heterocycles. The number of benzene rings is 2. The highest BCUT2D eigenvalue weighted by Gasteiger charge is 2.22. The molecule has 114 valence electrons. The normalized spacial score (nSPS) is 11.8. The summed E-state index contributed by atoms with van der Waals surface area (Å²) in [6.07, 6.45) is 0. The van der Waals surface area contributed by atoms with Gasteiger partial charge in [0.2, 0.25) is 0 Å². The summed E-state index contributed by atoms with van der Waals surface area (Å²) in [6.45, 7) is 5.64. The highest BCUT2D eigenvalue weighted by molar-refractivity contribution is 7.87. The van der Waals surface area contributed by atoms with Crippen molar-refractivity contribution in [2.75, 3.05) is 0 Å². The van der Waals surface area contributed by atoms with Crippen LogP contribution < -0.4 is 4.18 Å². The van der Waals surface area contributed by atoms with E-state index in [0.717, 1.165) is 21.3 Å². The number of nitrogens with zero attached hydrogens (tertiary/aromatic N) is 1. The van der Waals surface area contributed by atoms with E-state index in [1.165, 1.54) is 11.3 Å². The molecule has 1 aromatic heterocycles. The Labute approximate surface area is 133 Å². The van der Waals surface area contributed by atoms with Gasteiger partial charge in [0.05, 0.1) is 10.2 Å². The molecule has 6 heteroatoms. The van der Waals surface area contributed by atoms with Gasteiger partial charge < -0.3 is 4.18 Å². The Morgan fingerprint density at radius 1 is 1.00 bits per heavy atom. The second-order valence-corrected chi connectivity index (χ2v) is 7.62. The maximum absolute atomic E-state index is 12.5. The molecule has 22 heavy (non-hydrogen) atoms. The lowest BCUT2D eigenvalue weighted by atomic mass is 10.1. The van der Waals surface area contributed by atoms with E-state index in [1.54, 1.807) is 19.1 Å². The zero-order valence-corrected chi connectivity index (χ0v) is 14.1. The number of thiazole rings is 1. The first kappa shape index (κ1) is 15.0. The van der Waals surface area contributed by atoms with Gasteiger partial charge in [0, 0.05) is 0 Å². The third-order valence-corrected chi connectivity index (χ3v) is 6.11. The molecule has 0 unspecified atom stereocenters. The molecule has 4 nitrogen and oxygen atoms in total. The van der Waals surface area contributed by atoms with Gasteiger partial charge in [0.15, 0.2) is 0 Å². The highest BCUT2D eigenvalue weighted by Crippen LogP contribution is 2.31. The van der Waals surface area contributed by atoms with Crippen LogP contribution in [0, 0.1) is 20.8 Å². The molecule has 0 radical (unpaired) electrons. The van der Waals surface area contributed by atoms with E-state index in [-0.39, 0.29) is 10.1 Å². The number of aromatic nitrogens is 1. The quantitative estimate of drug-likeness (QED) is 0.680. The third-order valence-electron chi connectivity index (χ3n) is 3.73. The van der Waals surface area contributed by atoms with Crippen LogP contribution >= 0.6 is 11.3 Å².